The van der Waals surface area contributed by atoms with Crippen LogP contribution in [0.4, 0.5) is 8.78 Å². The van der Waals surface area contributed by atoms with E-state index in [1.165, 1.54) is 42.1 Å². The Morgan fingerprint density at radius 2 is 1.81 bits per heavy atom. The molecule has 0 aliphatic carbocycles. The predicted octanol–water partition coefficient (Wildman–Crippen LogP) is 2.79. The quantitative estimate of drug-likeness (QED) is 0.742. The maximum Gasteiger partial charge on any atom is 0.285 e. The van der Waals surface area contributed by atoms with Gasteiger partial charge in [-0.25, -0.2) is 26.9 Å². The fourth-order valence-electron chi connectivity index (χ4n) is 2.59. The van der Waals surface area contributed by atoms with Gasteiger partial charge in [0, 0.05) is 13.2 Å². The molecule has 27 heavy (non-hydrogen) atoms. The molecule has 1 N–H and O–H groups in total. The first-order chi connectivity index (χ1) is 12.7. The largest absolute Gasteiger partial charge is 0.333 e. The first-order valence-electron chi connectivity index (χ1n) is 7.81. The summed E-state index contributed by atoms with van der Waals surface area (Å²) in [5.41, 5.74) is 0.0907. The van der Waals surface area contributed by atoms with Gasteiger partial charge in [-0.1, -0.05) is 24.3 Å². The highest BCUT2D eigenvalue weighted by molar-refractivity contribution is 7.90. The maximum absolute atomic E-state index is 14.0. The SMILES string of the molecule is Cc1ccccc1S(=O)(=O)NC(=O)c1cn(C)c(-c2cccc(F)c2F)n1. The van der Waals surface area contributed by atoms with Crippen LogP contribution >= 0.6 is 0 Å². The molecule has 0 bridgehead atoms. The molecule has 9 heteroatoms. The molecular formula is C18H15F2N3O3S. The molecule has 140 valence electrons. The second-order valence-electron chi connectivity index (χ2n) is 5.86. The lowest BCUT2D eigenvalue weighted by Crippen LogP contribution is -2.31. The molecule has 0 unspecified atom stereocenters. The van der Waals surface area contributed by atoms with Gasteiger partial charge in [0.15, 0.2) is 11.6 Å². The number of sulfonamides is 1. The van der Waals surface area contributed by atoms with Gasteiger partial charge in [0.1, 0.15) is 11.5 Å². The lowest BCUT2D eigenvalue weighted by atomic mass is 10.2. The summed E-state index contributed by atoms with van der Waals surface area (Å²) >= 11 is 0. The van der Waals surface area contributed by atoms with E-state index in [4.69, 9.17) is 0 Å². The number of nitrogens with zero attached hydrogens (tertiary/aromatic N) is 2. The van der Waals surface area contributed by atoms with Crippen molar-refractivity contribution in [1.29, 1.82) is 0 Å². The fraction of sp³-hybridized carbons (Fsp3) is 0.111. The van der Waals surface area contributed by atoms with Gasteiger partial charge in [-0.05, 0) is 30.7 Å². The Bertz CT molecular complexity index is 1140. The van der Waals surface area contributed by atoms with Crippen LogP contribution in [-0.2, 0) is 17.1 Å². The molecule has 3 rings (SSSR count). The van der Waals surface area contributed by atoms with Crippen LogP contribution in [0.15, 0.2) is 53.6 Å². The molecule has 0 saturated carbocycles. The normalized spacial score (nSPS) is 11.4. The molecule has 6 nitrogen and oxygen atoms in total. The predicted molar refractivity (Wildman–Crippen MR) is 94.4 cm³/mol. The van der Waals surface area contributed by atoms with Gasteiger partial charge >= 0.3 is 0 Å². The molecular weight excluding hydrogens is 376 g/mol. The van der Waals surface area contributed by atoms with E-state index < -0.39 is 27.6 Å². The smallest absolute Gasteiger partial charge is 0.285 e. The summed E-state index contributed by atoms with van der Waals surface area (Å²) in [5, 5.41) is 0. The number of hydrogen-bond acceptors (Lipinski definition) is 4. The van der Waals surface area contributed by atoms with Crippen molar-refractivity contribution >= 4 is 15.9 Å². The van der Waals surface area contributed by atoms with E-state index in [0.29, 0.717) is 5.56 Å². The van der Waals surface area contributed by atoms with Gasteiger partial charge in [-0.2, -0.15) is 0 Å². The van der Waals surface area contributed by atoms with E-state index in [-0.39, 0.29) is 22.0 Å². The number of halogens is 2. The average molecular weight is 391 g/mol. The number of nitrogens with one attached hydrogen (secondary N) is 1. The number of imidazole rings is 1. The van der Waals surface area contributed by atoms with Gasteiger partial charge in [0.2, 0.25) is 0 Å². The van der Waals surface area contributed by atoms with Crippen LogP contribution in [0.2, 0.25) is 0 Å². The third-order valence-corrected chi connectivity index (χ3v) is 5.40. The van der Waals surface area contributed by atoms with E-state index in [1.807, 2.05) is 4.72 Å². The van der Waals surface area contributed by atoms with Crippen molar-refractivity contribution in [2.45, 2.75) is 11.8 Å². The van der Waals surface area contributed by atoms with Gasteiger partial charge < -0.3 is 4.57 Å². The molecule has 0 saturated heterocycles. The number of carbonyl (C=O) groups excluding carboxylic acids is 1. The van der Waals surface area contributed by atoms with Crippen LogP contribution in [0, 0.1) is 18.6 Å². The van der Waals surface area contributed by atoms with Gasteiger partial charge in [0.25, 0.3) is 15.9 Å². The standard InChI is InChI=1S/C18H15F2N3O3S/c1-11-6-3-4-9-15(11)27(25,26)22-18(24)14-10-23(2)17(21-14)12-7-5-8-13(19)16(12)20/h3-10H,1-2H3,(H,22,24). The Labute approximate surface area is 154 Å². The first-order valence-corrected chi connectivity index (χ1v) is 9.29. The van der Waals surface area contributed by atoms with Crippen LogP contribution in [0.25, 0.3) is 11.4 Å². The average Bonchev–Trinajstić information content (AvgIpc) is 2.99. The monoisotopic (exact) mass is 391 g/mol. The third-order valence-electron chi connectivity index (χ3n) is 3.91. The van der Waals surface area contributed by atoms with Crippen LogP contribution in [-0.4, -0.2) is 23.9 Å². The molecule has 0 aliphatic heterocycles. The highest BCUT2D eigenvalue weighted by Crippen LogP contribution is 2.23. The molecule has 0 radical (unpaired) electrons. The molecule has 1 aromatic heterocycles. The van der Waals surface area contributed by atoms with Crippen LogP contribution in [0.1, 0.15) is 16.1 Å². The number of amides is 1. The number of rotatable bonds is 4. The summed E-state index contributed by atoms with van der Waals surface area (Å²) in [5.74, 6) is -3.14. The summed E-state index contributed by atoms with van der Waals surface area (Å²) in [4.78, 5) is 16.3. The van der Waals surface area contributed by atoms with Crippen molar-refractivity contribution in [1.82, 2.24) is 14.3 Å². The Balaban J connectivity index is 1.93. The van der Waals surface area contributed by atoms with E-state index >= 15 is 0 Å². The molecule has 3 aromatic rings. The van der Waals surface area contributed by atoms with Crippen LogP contribution in [0.5, 0.6) is 0 Å². The molecule has 0 fully saturated rings. The van der Waals surface area contributed by atoms with Gasteiger partial charge in [0.05, 0.1) is 10.5 Å². The number of aryl methyl sites for hydroxylation is 2. The van der Waals surface area contributed by atoms with E-state index in [9.17, 15) is 22.0 Å². The van der Waals surface area contributed by atoms with Crippen LogP contribution in [0.3, 0.4) is 0 Å². The summed E-state index contributed by atoms with van der Waals surface area (Å²) in [6.07, 6.45) is 1.24. The first kappa shape index (κ1) is 18.7. The number of carbonyl (C=O) groups is 1. The molecule has 0 aliphatic rings. The summed E-state index contributed by atoms with van der Waals surface area (Å²) < 4.78 is 55.5. The van der Waals surface area contributed by atoms with Crippen molar-refractivity contribution in [3.8, 4) is 11.4 Å². The van der Waals surface area contributed by atoms with Crippen molar-refractivity contribution < 1.29 is 22.0 Å². The Morgan fingerprint density at radius 1 is 1.11 bits per heavy atom. The second kappa shape index (κ2) is 6.92. The Morgan fingerprint density at radius 3 is 2.52 bits per heavy atom. The lowest BCUT2D eigenvalue weighted by molar-refractivity contribution is 0.0977. The van der Waals surface area contributed by atoms with Crippen molar-refractivity contribution in [2.24, 2.45) is 7.05 Å². The molecule has 2 aromatic carbocycles. The maximum atomic E-state index is 14.0. The van der Waals surface area contributed by atoms with Crippen molar-refractivity contribution in [3.05, 3.63) is 71.6 Å². The molecule has 0 atom stereocenters. The number of hydrogen-bond donors (Lipinski definition) is 1. The van der Waals surface area contributed by atoms with Gasteiger partial charge in [-0.3, -0.25) is 4.79 Å². The zero-order chi connectivity index (χ0) is 19.8. The number of benzene rings is 2. The Kier molecular flexibility index (Phi) is 4.79. The molecule has 1 heterocycles. The minimum atomic E-state index is -4.10. The highest BCUT2D eigenvalue weighted by Gasteiger charge is 2.23. The van der Waals surface area contributed by atoms with E-state index in [0.717, 1.165) is 6.07 Å². The van der Waals surface area contributed by atoms with E-state index in [2.05, 4.69) is 4.98 Å². The third kappa shape index (κ3) is 3.59. The highest BCUT2D eigenvalue weighted by atomic mass is 32.2. The lowest BCUT2D eigenvalue weighted by Gasteiger charge is -2.07. The van der Waals surface area contributed by atoms with Crippen molar-refractivity contribution in [2.75, 3.05) is 0 Å². The van der Waals surface area contributed by atoms with Gasteiger partial charge in [-0.15, -0.1) is 0 Å². The minimum absolute atomic E-state index is 0.00885. The molecule has 0 spiro atoms. The summed E-state index contributed by atoms with van der Waals surface area (Å²) in [6.45, 7) is 1.60. The second-order valence-corrected chi connectivity index (χ2v) is 7.51. The summed E-state index contributed by atoms with van der Waals surface area (Å²) in [6, 6.07) is 9.77. The van der Waals surface area contributed by atoms with Crippen molar-refractivity contribution in [3.63, 3.8) is 0 Å². The zero-order valence-electron chi connectivity index (χ0n) is 14.4. The summed E-state index contributed by atoms with van der Waals surface area (Å²) in [7, 11) is -2.62. The topological polar surface area (TPSA) is 81.1 Å². The zero-order valence-corrected chi connectivity index (χ0v) is 15.2. The molecule has 1 amide bonds. The Hall–Kier alpha value is -3.07. The fourth-order valence-corrected chi connectivity index (χ4v) is 3.80. The van der Waals surface area contributed by atoms with E-state index in [1.54, 1.807) is 19.1 Å². The number of aromatic nitrogens is 2. The van der Waals surface area contributed by atoms with Crippen LogP contribution < -0.4 is 4.72 Å². The minimum Gasteiger partial charge on any atom is -0.333 e.